The summed E-state index contributed by atoms with van der Waals surface area (Å²) in [5, 5.41) is 3.97. The van der Waals surface area contributed by atoms with Gasteiger partial charge in [-0.1, -0.05) is 5.16 Å². The lowest BCUT2D eigenvalue weighted by Gasteiger charge is -2.25. The topological polar surface area (TPSA) is 85.2 Å². The van der Waals surface area contributed by atoms with Crippen LogP contribution in [-0.2, 0) is 17.6 Å². The molecule has 0 fully saturated rings. The standard InChI is InChI=1S/C14H16N4O2/c1-18-11-4-2-10(8-9(11)3-5-13(18)19)14-16-12(6-7-15)20-17-14/h2,4,8H,3,5-7,15H2,1H3. The molecule has 104 valence electrons. The summed E-state index contributed by atoms with van der Waals surface area (Å²) in [7, 11) is 1.80. The first kappa shape index (κ1) is 12.8. The zero-order valence-electron chi connectivity index (χ0n) is 11.3. The number of nitrogens with two attached hydrogens (primary N) is 1. The third kappa shape index (κ3) is 2.18. The molecule has 0 saturated heterocycles. The van der Waals surface area contributed by atoms with Gasteiger partial charge in [0.2, 0.25) is 17.6 Å². The third-order valence-corrected chi connectivity index (χ3v) is 3.51. The van der Waals surface area contributed by atoms with Crippen LogP contribution in [0.25, 0.3) is 11.4 Å². The van der Waals surface area contributed by atoms with E-state index in [0.717, 1.165) is 23.2 Å². The number of hydrogen-bond acceptors (Lipinski definition) is 5. The maximum atomic E-state index is 11.7. The molecule has 6 heteroatoms. The Morgan fingerprint density at radius 3 is 3.05 bits per heavy atom. The minimum absolute atomic E-state index is 0.148. The number of benzene rings is 1. The molecular weight excluding hydrogens is 256 g/mol. The molecule has 0 saturated carbocycles. The second-order valence-corrected chi connectivity index (χ2v) is 4.85. The third-order valence-electron chi connectivity index (χ3n) is 3.51. The Morgan fingerprint density at radius 1 is 1.40 bits per heavy atom. The first-order valence-corrected chi connectivity index (χ1v) is 6.61. The van der Waals surface area contributed by atoms with Crippen molar-refractivity contribution in [3.05, 3.63) is 29.7 Å². The number of aromatic nitrogens is 2. The van der Waals surface area contributed by atoms with E-state index in [-0.39, 0.29) is 5.91 Å². The van der Waals surface area contributed by atoms with Crippen LogP contribution in [0.2, 0.25) is 0 Å². The van der Waals surface area contributed by atoms with Crippen LogP contribution in [0.1, 0.15) is 17.9 Å². The van der Waals surface area contributed by atoms with Gasteiger partial charge < -0.3 is 15.2 Å². The minimum Gasteiger partial charge on any atom is -0.339 e. The van der Waals surface area contributed by atoms with E-state index in [1.807, 2.05) is 18.2 Å². The molecule has 1 aliphatic heterocycles. The Balaban J connectivity index is 1.93. The van der Waals surface area contributed by atoms with Gasteiger partial charge in [0.05, 0.1) is 0 Å². The Labute approximate surface area is 116 Å². The first-order valence-electron chi connectivity index (χ1n) is 6.61. The van der Waals surface area contributed by atoms with Gasteiger partial charge in [0, 0.05) is 37.7 Å². The molecule has 6 nitrogen and oxygen atoms in total. The number of anilines is 1. The van der Waals surface area contributed by atoms with Gasteiger partial charge in [-0.2, -0.15) is 4.98 Å². The Morgan fingerprint density at radius 2 is 2.25 bits per heavy atom. The summed E-state index contributed by atoms with van der Waals surface area (Å²) in [5.74, 6) is 1.26. The van der Waals surface area contributed by atoms with Crippen molar-refractivity contribution >= 4 is 11.6 Å². The summed E-state index contributed by atoms with van der Waals surface area (Å²) in [6.45, 7) is 0.485. The highest BCUT2D eigenvalue weighted by Gasteiger charge is 2.21. The van der Waals surface area contributed by atoms with Crippen molar-refractivity contribution in [3.63, 3.8) is 0 Å². The second kappa shape index (κ2) is 5.05. The monoisotopic (exact) mass is 272 g/mol. The Bertz CT molecular complexity index is 650. The SMILES string of the molecule is CN1C(=O)CCc2cc(-c3noc(CCN)n3)ccc21. The molecule has 3 rings (SSSR count). The largest absolute Gasteiger partial charge is 0.339 e. The highest BCUT2D eigenvalue weighted by Crippen LogP contribution is 2.30. The molecule has 0 radical (unpaired) electrons. The normalized spacial score (nSPS) is 14.5. The molecule has 1 aliphatic rings. The maximum absolute atomic E-state index is 11.7. The van der Waals surface area contributed by atoms with Crippen molar-refractivity contribution in [2.45, 2.75) is 19.3 Å². The fourth-order valence-electron chi connectivity index (χ4n) is 2.39. The van der Waals surface area contributed by atoms with E-state index in [1.165, 1.54) is 0 Å². The van der Waals surface area contributed by atoms with E-state index in [0.29, 0.717) is 31.1 Å². The van der Waals surface area contributed by atoms with E-state index in [9.17, 15) is 4.79 Å². The van der Waals surface area contributed by atoms with Gasteiger partial charge in [-0.15, -0.1) is 0 Å². The van der Waals surface area contributed by atoms with Crippen LogP contribution in [0.3, 0.4) is 0 Å². The first-order chi connectivity index (χ1) is 9.69. The predicted molar refractivity (Wildman–Crippen MR) is 74.2 cm³/mol. The molecule has 0 spiro atoms. The van der Waals surface area contributed by atoms with Gasteiger partial charge >= 0.3 is 0 Å². The van der Waals surface area contributed by atoms with Crippen LogP contribution in [-0.4, -0.2) is 29.6 Å². The minimum atomic E-state index is 0.148. The molecule has 2 aromatic rings. The zero-order valence-corrected chi connectivity index (χ0v) is 11.3. The number of nitrogens with zero attached hydrogens (tertiary/aromatic N) is 3. The Hall–Kier alpha value is -2.21. The highest BCUT2D eigenvalue weighted by atomic mass is 16.5. The molecular formula is C14H16N4O2. The van der Waals surface area contributed by atoms with Gasteiger partial charge in [0.1, 0.15) is 0 Å². The maximum Gasteiger partial charge on any atom is 0.228 e. The van der Waals surface area contributed by atoms with E-state index < -0.39 is 0 Å². The molecule has 2 N–H and O–H groups in total. The zero-order chi connectivity index (χ0) is 14.1. The molecule has 0 aliphatic carbocycles. The summed E-state index contributed by atoms with van der Waals surface area (Å²) < 4.78 is 5.14. The summed E-state index contributed by atoms with van der Waals surface area (Å²) in [6, 6.07) is 5.86. The quantitative estimate of drug-likeness (QED) is 0.905. The van der Waals surface area contributed by atoms with Crippen LogP contribution in [0, 0.1) is 0 Å². The average molecular weight is 272 g/mol. The molecule has 2 heterocycles. The molecule has 0 unspecified atom stereocenters. The lowest BCUT2D eigenvalue weighted by atomic mass is 9.99. The van der Waals surface area contributed by atoms with E-state index in [4.69, 9.17) is 10.3 Å². The summed E-state index contributed by atoms with van der Waals surface area (Å²) in [5.41, 5.74) is 8.45. The predicted octanol–water partition coefficient (Wildman–Crippen LogP) is 1.15. The van der Waals surface area contributed by atoms with Crippen molar-refractivity contribution in [1.29, 1.82) is 0 Å². The second-order valence-electron chi connectivity index (χ2n) is 4.85. The molecule has 1 amide bonds. The van der Waals surface area contributed by atoms with Gasteiger partial charge in [0.25, 0.3) is 0 Å². The van der Waals surface area contributed by atoms with Crippen molar-refractivity contribution in [2.24, 2.45) is 5.73 Å². The Kier molecular flexibility index (Phi) is 3.23. The van der Waals surface area contributed by atoms with Crippen LogP contribution in [0.15, 0.2) is 22.7 Å². The van der Waals surface area contributed by atoms with Gasteiger partial charge in [-0.05, 0) is 30.2 Å². The molecule has 20 heavy (non-hydrogen) atoms. The van der Waals surface area contributed by atoms with Crippen molar-refractivity contribution in [3.8, 4) is 11.4 Å². The highest BCUT2D eigenvalue weighted by molar-refractivity contribution is 5.96. The number of fused-ring (bicyclic) bond motifs is 1. The smallest absolute Gasteiger partial charge is 0.228 e. The lowest BCUT2D eigenvalue weighted by Crippen LogP contribution is -2.30. The lowest BCUT2D eigenvalue weighted by molar-refractivity contribution is -0.118. The number of carbonyl (C=O) groups excluding carboxylic acids is 1. The van der Waals surface area contributed by atoms with Gasteiger partial charge in [-0.25, -0.2) is 0 Å². The fraction of sp³-hybridized carbons (Fsp3) is 0.357. The molecule has 0 bridgehead atoms. The molecule has 1 aromatic heterocycles. The van der Waals surface area contributed by atoms with Crippen molar-refractivity contribution < 1.29 is 9.32 Å². The summed E-state index contributed by atoms with van der Waals surface area (Å²) in [4.78, 5) is 17.7. The van der Waals surface area contributed by atoms with Crippen molar-refractivity contribution in [2.75, 3.05) is 18.5 Å². The average Bonchev–Trinajstić information content (AvgIpc) is 2.92. The number of aryl methyl sites for hydroxylation is 1. The fourth-order valence-corrected chi connectivity index (χ4v) is 2.39. The van der Waals surface area contributed by atoms with Gasteiger partial charge in [-0.3, -0.25) is 4.79 Å². The van der Waals surface area contributed by atoms with Crippen LogP contribution >= 0.6 is 0 Å². The molecule has 0 atom stereocenters. The van der Waals surface area contributed by atoms with E-state index in [2.05, 4.69) is 10.1 Å². The number of amides is 1. The van der Waals surface area contributed by atoms with Crippen LogP contribution in [0.4, 0.5) is 5.69 Å². The van der Waals surface area contributed by atoms with E-state index in [1.54, 1.807) is 11.9 Å². The summed E-state index contributed by atoms with van der Waals surface area (Å²) in [6.07, 6.45) is 1.87. The van der Waals surface area contributed by atoms with Crippen LogP contribution in [0.5, 0.6) is 0 Å². The van der Waals surface area contributed by atoms with Crippen molar-refractivity contribution in [1.82, 2.24) is 10.1 Å². The molecule has 1 aromatic carbocycles. The van der Waals surface area contributed by atoms with Gasteiger partial charge in [0.15, 0.2) is 0 Å². The van der Waals surface area contributed by atoms with Crippen LogP contribution < -0.4 is 10.6 Å². The van der Waals surface area contributed by atoms with E-state index >= 15 is 0 Å². The number of rotatable bonds is 3. The number of carbonyl (C=O) groups is 1. The summed E-state index contributed by atoms with van der Waals surface area (Å²) >= 11 is 0. The number of hydrogen-bond donors (Lipinski definition) is 1.